The molecule has 1 aliphatic carbocycles. The summed E-state index contributed by atoms with van der Waals surface area (Å²) in [5.41, 5.74) is 14.2. The van der Waals surface area contributed by atoms with Crippen molar-refractivity contribution >= 4 is 65.6 Å². The summed E-state index contributed by atoms with van der Waals surface area (Å²) in [7, 11) is 0. The Bertz CT molecular complexity index is 2720. The van der Waals surface area contributed by atoms with Gasteiger partial charge in [0, 0.05) is 42.9 Å². The molecule has 9 aromatic rings. The Kier molecular flexibility index (Phi) is 6.37. The standard InChI is InChI=1S/C49H32N2S/c1-4-16-33(17-5-1)50(34-18-6-2-7-19-34)36-28-29-43-45(30-36)51(35-20-8-3-9-21-35)46-31-40-39-24-12-15-27-47(39)52-48(40)32-44(46)49(43)41-25-13-10-22-37(41)38-23-11-14-26-42(38)49/h1-32H. The van der Waals surface area contributed by atoms with Gasteiger partial charge in [0.1, 0.15) is 0 Å². The normalized spacial score (nSPS) is 13.5. The average molecular weight is 681 g/mol. The van der Waals surface area contributed by atoms with E-state index in [1.807, 2.05) is 11.3 Å². The van der Waals surface area contributed by atoms with Crippen LogP contribution >= 0.6 is 11.3 Å². The maximum absolute atomic E-state index is 2.52. The van der Waals surface area contributed by atoms with Crippen LogP contribution in [0.25, 0.3) is 31.3 Å². The van der Waals surface area contributed by atoms with E-state index in [1.54, 1.807) is 0 Å². The van der Waals surface area contributed by atoms with E-state index in [-0.39, 0.29) is 0 Å². The van der Waals surface area contributed by atoms with Gasteiger partial charge < -0.3 is 9.80 Å². The summed E-state index contributed by atoms with van der Waals surface area (Å²) in [5, 5.41) is 2.60. The monoisotopic (exact) mass is 680 g/mol. The van der Waals surface area contributed by atoms with Crippen molar-refractivity contribution in [3.8, 4) is 11.1 Å². The van der Waals surface area contributed by atoms with Crippen LogP contribution in [-0.2, 0) is 5.41 Å². The van der Waals surface area contributed by atoms with Crippen molar-refractivity contribution in [1.29, 1.82) is 0 Å². The third kappa shape index (κ3) is 4.06. The maximum Gasteiger partial charge on any atom is 0.0754 e. The van der Waals surface area contributed by atoms with Gasteiger partial charge in [0.15, 0.2) is 0 Å². The van der Waals surface area contributed by atoms with Gasteiger partial charge in [-0.1, -0.05) is 127 Å². The lowest BCUT2D eigenvalue weighted by molar-refractivity contribution is 0.754. The highest BCUT2D eigenvalue weighted by molar-refractivity contribution is 7.25. The third-order valence-corrected chi connectivity index (χ3v) is 12.2. The van der Waals surface area contributed by atoms with Crippen LogP contribution < -0.4 is 9.80 Å². The van der Waals surface area contributed by atoms with Crippen LogP contribution in [-0.4, -0.2) is 0 Å². The van der Waals surface area contributed by atoms with Gasteiger partial charge >= 0.3 is 0 Å². The van der Waals surface area contributed by atoms with E-state index in [1.165, 1.54) is 64.9 Å². The van der Waals surface area contributed by atoms with E-state index in [0.29, 0.717) is 0 Å². The van der Waals surface area contributed by atoms with Crippen molar-refractivity contribution in [3.63, 3.8) is 0 Å². The first kappa shape index (κ1) is 29.3. The molecule has 0 saturated carbocycles. The summed E-state index contributed by atoms with van der Waals surface area (Å²) in [6.45, 7) is 0. The Morgan fingerprint density at radius 1 is 0.385 bits per heavy atom. The molecular formula is C49H32N2S. The van der Waals surface area contributed by atoms with Gasteiger partial charge in [0.05, 0.1) is 16.8 Å². The molecule has 8 aromatic carbocycles. The van der Waals surface area contributed by atoms with Gasteiger partial charge in [0.25, 0.3) is 0 Å². The van der Waals surface area contributed by atoms with Gasteiger partial charge in [-0.3, -0.25) is 0 Å². The number of thiophene rings is 1. The number of fused-ring (bicyclic) bond motifs is 12. The van der Waals surface area contributed by atoms with Crippen molar-refractivity contribution < 1.29 is 0 Å². The second-order valence-electron chi connectivity index (χ2n) is 13.7. The Hall–Kier alpha value is -6.42. The Morgan fingerprint density at radius 3 is 1.62 bits per heavy atom. The van der Waals surface area contributed by atoms with E-state index in [2.05, 4.69) is 204 Å². The third-order valence-electron chi connectivity index (χ3n) is 11.0. The molecule has 1 spiro atoms. The SMILES string of the molecule is c1ccc(N(c2ccccc2)c2ccc3c(c2)N(c2ccccc2)c2cc4c(cc2C32c3ccccc3-c3ccccc32)sc2ccccc24)cc1. The van der Waals surface area contributed by atoms with E-state index in [0.717, 1.165) is 22.7 Å². The Labute approximate surface area is 307 Å². The summed E-state index contributed by atoms with van der Waals surface area (Å²) in [4.78, 5) is 4.89. The summed E-state index contributed by atoms with van der Waals surface area (Å²) in [6, 6.07) is 71.5. The van der Waals surface area contributed by atoms with Crippen molar-refractivity contribution in [1.82, 2.24) is 0 Å². The molecule has 2 aliphatic rings. The topological polar surface area (TPSA) is 6.48 Å². The van der Waals surface area contributed by atoms with Crippen molar-refractivity contribution in [2.75, 3.05) is 9.80 Å². The van der Waals surface area contributed by atoms with Gasteiger partial charge in [-0.2, -0.15) is 0 Å². The van der Waals surface area contributed by atoms with Crippen molar-refractivity contribution in [3.05, 3.63) is 216 Å². The van der Waals surface area contributed by atoms with Gasteiger partial charge in [-0.05, 0) is 100 Å². The first-order valence-electron chi connectivity index (χ1n) is 17.9. The van der Waals surface area contributed by atoms with Crippen LogP contribution in [0.4, 0.5) is 34.1 Å². The molecule has 52 heavy (non-hydrogen) atoms. The van der Waals surface area contributed by atoms with Gasteiger partial charge in [-0.15, -0.1) is 11.3 Å². The Morgan fingerprint density at radius 2 is 0.942 bits per heavy atom. The molecular weight excluding hydrogens is 649 g/mol. The molecule has 2 heterocycles. The molecule has 0 radical (unpaired) electrons. The number of hydrogen-bond donors (Lipinski definition) is 0. The zero-order chi connectivity index (χ0) is 34.2. The van der Waals surface area contributed by atoms with Crippen LogP contribution in [0, 0.1) is 0 Å². The first-order chi connectivity index (χ1) is 25.8. The van der Waals surface area contributed by atoms with Crippen LogP contribution in [0.3, 0.4) is 0 Å². The molecule has 1 aliphatic heterocycles. The highest BCUT2D eigenvalue weighted by Gasteiger charge is 2.52. The van der Waals surface area contributed by atoms with Crippen LogP contribution in [0.2, 0.25) is 0 Å². The number of anilines is 6. The summed E-state index contributed by atoms with van der Waals surface area (Å²) in [6.07, 6.45) is 0. The summed E-state index contributed by atoms with van der Waals surface area (Å²) >= 11 is 1.89. The molecule has 0 N–H and O–H groups in total. The molecule has 0 fully saturated rings. The molecule has 11 rings (SSSR count). The fraction of sp³-hybridized carbons (Fsp3) is 0.0204. The van der Waals surface area contributed by atoms with Gasteiger partial charge in [-0.25, -0.2) is 0 Å². The minimum absolute atomic E-state index is 0.518. The van der Waals surface area contributed by atoms with E-state index < -0.39 is 5.41 Å². The second-order valence-corrected chi connectivity index (χ2v) is 14.8. The molecule has 244 valence electrons. The number of hydrogen-bond acceptors (Lipinski definition) is 3. The smallest absolute Gasteiger partial charge is 0.0754 e. The quantitative estimate of drug-likeness (QED) is 0.183. The fourth-order valence-electron chi connectivity index (χ4n) is 8.95. The summed E-state index contributed by atoms with van der Waals surface area (Å²) < 4.78 is 2.63. The highest BCUT2D eigenvalue weighted by atomic mass is 32.1. The van der Waals surface area contributed by atoms with Crippen LogP contribution in [0.15, 0.2) is 194 Å². The maximum atomic E-state index is 2.52. The predicted octanol–water partition coefficient (Wildman–Crippen LogP) is 13.7. The molecule has 0 amide bonds. The average Bonchev–Trinajstić information content (AvgIpc) is 3.72. The minimum Gasteiger partial charge on any atom is -0.310 e. The largest absolute Gasteiger partial charge is 0.310 e. The number of rotatable bonds is 4. The lowest BCUT2D eigenvalue weighted by Gasteiger charge is -2.45. The van der Waals surface area contributed by atoms with Crippen molar-refractivity contribution in [2.45, 2.75) is 5.41 Å². The highest BCUT2D eigenvalue weighted by Crippen LogP contribution is 2.64. The van der Waals surface area contributed by atoms with Crippen LogP contribution in [0.1, 0.15) is 22.3 Å². The number of benzene rings is 8. The molecule has 0 bridgehead atoms. The molecule has 2 nitrogen and oxygen atoms in total. The number of nitrogens with zero attached hydrogens (tertiary/aromatic N) is 2. The predicted molar refractivity (Wildman–Crippen MR) is 220 cm³/mol. The molecule has 0 unspecified atom stereocenters. The lowest BCUT2D eigenvalue weighted by Crippen LogP contribution is -2.36. The molecule has 1 aromatic heterocycles. The lowest BCUT2D eigenvalue weighted by atomic mass is 9.64. The minimum atomic E-state index is -0.518. The van der Waals surface area contributed by atoms with Gasteiger partial charge in [0.2, 0.25) is 0 Å². The zero-order valence-corrected chi connectivity index (χ0v) is 29.1. The van der Waals surface area contributed by atoms with E-state index in [4.69, 9.17) is 0 Å². The molecule has 0 saturated heterocycles. The van der Waals surface area contributed by atoms with E-state index >= 15 is 0 Å². The first-order valence-corrected chi connectivity index (χ1v) is 18.7. The molecule has 3 heteroatoms. The molecule has 0 atom stereocenters. The summed E-state index contributed by atoms with van der Waals surface area (Å²) in [5.74, 6) is 0. The van der Waals surface area contributed by atoms with Crippen LogP contribution in [0.5, 0.6) is 0 Å². The number of para-hydroxylation sites is 3. The fourth-order valence-corrected chi connectivity index (χ4v) is 10.1. The Balaban J connectivity index is 1.29. The second kappa shape index (κ2) is 11.3. The van der Waals surface area contributed by atoms with Crippen molar-refractivity contribution in [2.24, 2.45) is 0 Å². The zero-order valence-electron chi connectivity index (χ0n) is 28.3. The van der Waals surface area contributed by atoms with E-state index in [9.17, 15) is 0 Å².